The van der Waals surface area contributed by atoms with Gasteiger partial charge in [0.1, 0.15) is 18.0 Å². The fourth-order valence-electron chi connectivity index (χ4n) is 7.51. The quantitative estimate of drug-likeness (QED) is 0.101. The van der Waals surface area contributed by atoms with Crippen LogP contribution in [0.25, 0.3) is 10.9 Å². The molecule has 2 aliphatic heterocycles. The summed E-state index contributed by atoms with van der Waals surface area (Å²) in [6.45, 7) is 4.89. The first-order valence-corrected chi connectivity index (χ1v) is 18.1. The number of carbonyl (C=O) groups excluding carboxylic acids is 4. The van der Waals surface area contributed by atoms with Gasteiger partial charge in [0.05, 0.1) is 31.8 Å². The minimum absolute atomic E-state index is 0.0216. The number of carbonyl (C=O) groups is 4. The Morgan fingerprint density at radius 2 is 1.74 bits per heavy atom. The molecule has 4 aromatic rings. The minimum atomic E-state index is -0.904. The first-order valence-electron chi connectivity index (χ1n) is 18.1. The molecule has 1 aromatic heterocycles. The number of Topliss-reactive ketones (excluding diaryl/α,β-unsaturated/α-hetero) is 1. The summed E-state index contributed by atoms with van der Waals surface area (Å²) < 4.78 is 7.24. The number of aliphatic hydroxyl groups excluding tert-OH is 1. The number of ketones is 1. The Kier molecular flexibility index (Phi) is 12.0. The lowest BCUT2D eigenvalue weighted by atomic mass is 9.97. The maximum atomic E-state index is 14.6. The van der Waals surface area contributed by atoms with Crippen molar-refractivity contribution in [2.45, 2.75) is 50.9 Å². The second-order valence-corrected chi connectivity index (χ2v) is 13.6. The number of benzene rings is 3. The monoisotopic (exact) mass is 721 g/mol. The van der Waals surface area contributed by atoms with Gasteiger partial charge in [0.2, 0.25) is 17.7 Å². The number of rotatable bonds is 16. The van der Waals surface area contributed by atoms with Crippen molar-refractivity contribution in [3.63, 3.8) is 0 Å². The van der Waals surface area contributed by atoms with Gasteiger partial charge in [-0.2, -0.15) is 0 Å². The van der Waals surface area contributed by atoms with Gasteiger partial charge in [-0.1, -0.05) is 66.7 Å². The Balaban J connectivity index is 1.33. The van der Waals surface area contributed by atoms with Crippen molar-refractivity contribution in [1.29, 1.82) is 0 Å². The smallest absolute Gasteiger partial charge is 0.246 e. The molecular formula is C41H47N5O7. The summed E-state index contributed by atoms with van der Waals surface area (Å²) in [6, 6.07) is 21.2. The summed E-state index contributed by atoms with van der Waals surface area (Å²) >= 11 is 0. The molecule has 2 aliphatic rings. The molecule has 0 aliphatic carbocycles. The van der Waals surface area contributed by atoms with Crippen LogP contribution in [-0.2, 0) is 45.6 Å². The van der Waals surface area contributed by atoms with Gasteiger partial charge >= 0.3 is 0 Å². The maximum absolute atomic E-state index is 14.6. The normalized spacial score (nSPS) is 17.7. The second kappa shape index (κ2) is 17.0. The highest BCUT2D eigenvalue weighted by atomic mass is 16.5. The number of fused-ring (bicyclic) bond motifs is 2. The summed E-state index contributed by atoms with van der Waals surface area (Å²) in [4.78, 5) is 59.4. The van der Waals surface area contributed by atoms with E-state index in [0.717, 1.165) is 27.6 Å². The van der Waals surface area contributed by atoms with E-state index in [1.54, 1.807) is 50.2 Å². The van der Waals surface area contributed by atoms with Crippen molar-refractivity contribution < 1.29 is 34.1 Å². The topological polar surface area (TPSA) is 136 Å². The largest absolute Gasteiger partial charge is 0.508 e. The second-order valence-electron chi connectivity index (χ2n) is 13.6. The van der Waals surface area contributed by atoms with E-state index >= 15 is 0 Å². The Bertz CT molecular complexity index is 1940. The fraction of sp³-hybridized carbons (Fsp3) is 0.366. The lowest BCUT2D eigenvalue weighted by molar-refractivity contribution is -0.205. The number of piperazine rings is 1. The molecule has 12 heteroatoms. The van der Waals surface area contributed by atoms with Crippen LogP contribution in [0.15, 0.2) is 91.6 Å². The molecule has 6 rings (SSSR count). The molecule has 278 valence electrons. The third-order valence-corrected chi connectivity index (χ3v) is 9.94. The predicted octanol–water partition coefficient (Wildman–Crippen LogP) is 3.84. The lowest BCUT2D eigenvalue weighted by Gasteiger charge is -2.55. The molecule has 53 heavy (non-hydrogen) atoms. The van der Waals surface area contributed by atoms with E-state index < -0.39 is 12.2 Å². The SMILES string of the molecule is C=CCN1CC(=O)N2[C@@H](Cc3ccc(O)cc3)C(=O)N(Cc3cccc4c(C(=O)CCCOCCO)cn(C)c34)C[C@@H]2N1C(=O)CCc1ccccc1. The molecule has 0 spiro atoms. The van der Waals surface area contributed by atoms with Gasteiger partial charge in [0.15, 0.2) is 5.78 Å². The number of phenolic OH excluding ortho intramolecular Hbond substituents is 1. The van der Waals surface area contributed by atoms with Gasteiger partial charge in [0, 0.05) is 63.2 Å². The van der Waals surface area contributed by atoms with Crippen LogP contribution in [0, 0.1) is 0 Å². The van der Waals surface area contributed by atoms with Gasteiger partial charge in [-0.15, -0.1) is 6.58 Å². The number of hydrogen-bond acceptors (Lipinski definition) is 8. The van der Waals surface area contributed by atoms with Crippen LogP contribution in [0.4, 0.5) is 0 Å². The molecule has 0 saturated carbocycles. The number of phenols is 1. The summed E-state index contributed by atoms with van der Waals surface area (Å²) in [5.41, 5.74) is 4.02. The highest BCUT2D eigenvalue weighted by Gasteiger charge is 2.51. The van der Waals surface area contributed by atoms with Crippen molar-refractivity contribution in [2.75, 3.05) is 39.5 Å². The van der Waals surface area contributed by atoms with Crippen LogP contribution in [0.2, 0.25) is 0 Å². The zero-order chi connectivity index (χ0) is 37.5. The van der Waals surface area contributed by atoms with E-state index in [9.17, 15) is 24.3 Å². The number of aromatic hydroxyl groups is 1. The molecule has 2 saturated heterocycles. The van der Waals surface area contributed by atoms with Crippen molar-refractivity contribution >= 4 is 34.4 Å². The molecule has 0 unspecified atom stereocenters. The number of nitrogens with zero attached hydrogens (tertiary/aromatic N) is 5. The van der Waals surface area contributed by atoms with Crippen LogP contribution in [0.1, 0.15) is 46.3 Å². The molecule has 0 bridgehead atoms. The summed E-state index contributed by atoms with van der Waals surface area (Å²) in [7, 11) is 1.88. The Morgan fingerprint density at radius 1 is 0.962 bits per heavy atom. The highest BCUT2D eigenvalue weighted by molar-refractivity contribution is 6.08. The third-order valence-electron chi connectivity index (χ3n) is 9.94. The minimum Gasteiger partial charge on any atom is -0.508 e. The number of hydrazine groups is 1. The van der Waals surface area contributed by atoms with E-state index in [4.69, 9.17) is 9.84 Å². The fourth-order valence-corrected chi connectivity index (χ4v) is 7.51. The highest BCUT2D eigenvalue weighted by Crippen LogP contribution is 2.32. The van der Waals surface area contributed by atoms with Gasteiger partial charge in [-0.3, -0.25) is 19.2 Å². The Hall–Kier alpha value is -5.30. The average molecular weight is 722 g/mol. The van der Waals surface area contributed by atoms with Crippen LogP contribution >= 0.6 is 0 Å². The molecule has 0 radical (unpaired) electrons. The molecular weight excluding hydrogens is 674 g/mol. The van der Waals surface area contributed by atoms with Gasteiger partial charge in [-0.25, -0.2) is 10.0 Å². The molecule has 3 amide bonds. The number of hydrogen-bond donors (Lipinski definition) is 2. The van der Waals surface area contributed by atoms with Crippen molar-refractivity contribution in [2.24, 2.45) is 7.05 Å². The van der Waals surface area contributed by atoms with Crippen LogP contribution < -0.4 is 0 Å². The number of aryl methyl sites for hydroxylation is 2. The number of amides is 3. The number of ether oxygens (including phenoxy) is 1. The van der Waals surface area contributed by atoms with E-state index in [-0.39, 0.29) is 81.5 Å². The molecule has 12 nitrogen and oxygen atoms in total. The predicted molar refractivity (Wildman–Crippen MR) is 199 cm³/mol. The average Bonchev–Trinajstić information content (AvgIpc) is 3.50. The first-order chi connectivity index (χ1) is 25.7. The third kappa shape index (κ3) is 8.35. The van der Waals surface area contributed by atoms with E-state index in [1.807, 2.05) is 66.3 Å². The standard InChI is InChI=1S/C41H47N5O7/c1-3-20-44-28-39(51)45-35(24-30-14-17-32(48)18-15-30)41(52)43(27-37(45)46(44)38(50)19-16-29-9-5-4-6-10-29)25-31-11-7-12-33-34(26-42(2)40(31)33)36(49)13-8-22-53-23-21-47/h3-7,9-12,14-15,17-18,26,35,37,47-48H,1,8,13,16,19-25,27-28H2,2H3/t35-,37-/m0/s1. The van der Waals surface area contributed by atoms with Crippen molar-refractivity contribution in [3.8, 4) is 5.75 Å². The van der Waals surface area contributed by atoms with Crippen molar-refractivity contribution in [1.82, 2.24) is 24.4 Å². The van der Waals surface area contributed by atoms with E-state index in [2.05, 4.69) is 6.58 Å². The maximum Gasteiger partial charge on any atom is 0.246 e. The summed E-state index contributed by atoms with van der Waals surface area (Å²) in [6.07, 6.45) is 4.46. The van der Waals surface area contributed by atoms with Gasteiger partial charge < -0.3 is 29.3 Å². The Labute approximate surface area is 309 Å². The zero-order valence-electron chi connectivity index (χ0n) is 30.1. The van der Waals surface area contributed by atoms with Crippen molar-refractivity contribution in [3.05, 3.63) is 114 Å². The van der Waals surface area contributed by atoms with Gasteiger partial charge in [-0.05, 0) is 41.7 Å². The number of para-hydroxylation sites is 1. The molecule has 2 N–H and O–H groups in total. The first kappa shape index (κ1) is 37.5. The van der Waals surface area contributed by atoms with Crippen LogP contribution in [0.3, 0.4) is 0 Å². The molecule has 3 heterocycles. The lowest BCUT2D eigenvalue weighted by Crippen LogP contribution is -2.75. The summed E-state index contributed by atoms with van der Waals surface area (Å²) in [5, 5.41) is 23.1. The molecule has 2 fully saturated rings. The van der Waals surface area contributed by atoms with E-state index in [1.165, 1.54) is 0 Å². The number of aromatic nitrogens is 1. The van der Waals surface area contributed by atoms with Crippen LogP contribution in [0.5, 0.6) is 5.75 Å². The van der Waals surface area contributed by atoms with Gasteiger partial charge in [0.25, 0.3) is 0 Å². The van der Waals surface area contributed by atoms with E-state index in [0.29, 0.717) is 31.4 Å². The zero-order valence-corrected chi connectivity index (χ0v) is 30.1. The summed E-state index contributed by atoms with van der Waals surface area (Å²) in [5.74, 6) is -0.592. The molecule has 2 atom stereocenters. The van der Waals surface area contributed by atoms with Crippen LogP contribution in [-0.4, -0.2) is 110 Å². The Morgan fingerprint density at radius 3 is 2.47 bits per heavy atom. The number of aliphatic hydroxyl groups is 1. The molecule has 3 aromatic carbocycles.